The van der Waals surface area contributed by atoms with Crippen LogP contribution in [0.3, 0.4) is 0 Å². The van der Waals surface area contributed by atoms with Crippen molar-refractivity contribution in [3.8, 4) is 11.5 Å². The molecule has 0 aliphatic heterocycles. The summed E-state index contributed by atoms with van der Waals surface area (Å²) < 4.78 is 35.7. The minimum Gasteiger partial charge on any atom is -0.496 e. The molecule has 17 heavy (non-hydrogen) atoms. The summed E-state index contributed by atoms with van der Waals surface area (Å²) in [6.07, 6.45) is -1.51. The second kappa shape index (κ2) is 4.14. The van der Waals surface area contributed by atoms with E-state index in [9.17, 15) is 13.9 Å². The van der Waals surface area contributed by atoms with Gasteiger partial charge in [0.1, 0.15) is 11.5 Å². The van der Waals surface area contributed by atoms with Gasteiger partial charge >= 0.3 is 0 Å². The maximum Gasteiger partial charge on any atom is 0.267 e. The van der Waals surface area contributed by atoms with Gasteiger partial charge in [-0.3, -0.25) is 0 Å². The highest BCUT2D eigenvalue weighted by atomic mass is 19.3. The van der Waals surface area contributed by atoms with Gasteiger partial charge in [0.2, 0.25) is 0 Å². The van der Waals surface area contributed by atoms with E-state index >= 15 is 0 Å². The number of hydrogen-bond acceptors (Lipinski definition) is 3. The summed E-state index contributed by atoms with van der Waals surface area (Å²) >= 11 is 0. The van der Waals surface area contributed by atoms with Gasteiger partial charge in [0.05, 0.1) is 25.4 Å². The van der Waals surface area contributed by atoms with Gasteiger partial charge in [-0.2, -0.15) is 0 Å². The zero-order valence-corrected chi connectivity index (χ0v) is 9.67. The predicted octanol–water partition coefficient (Wildman–Crippen LogP) is 2.62. The third-order valence-corrected chi connectivity index (χ3v) is 3.01. The van der Waals surface area contributed by atoms with Gasteiger partial charge in [-0.05, 0) is 18.9 Å². The fourth-order valence-corrected chi connectivity index (χ4v) is 1.85. The van der Waals surface area contributed by atoms with E-state index in [2.05, 4.69) is 0 Å². The number of halogens is 2. The molecule has 1 aliphatic rings. The van der Waals surface area contributed by atoms with Crippen LogP contribution in [0.25, 0.3) is 0 Å². The van der Waals surface area contributed by atoms with E-state index in [0.717, 1.165) is 0 Å². The van der Waals surface area contributed by atoms with E-state index in [1.807, 2.05) is 0 Å². The lowest BCUT2D eigenvalue weighted by Gasteiger charge is -2.17. The maximum atomic E-state index is 12.8. The van der Waals surface area contributed by atoms with Crippen LogP contribution in [0.2, 0.25) is 0 Å². The Hall–Kier alpha value is -1.36. The number of ether oxygens (including phenoxy) is 2. The third kappa shape index (κ3) is 2.07. The van der Waals surface area contributed by atoms with Gasteiger partial charge in [-0.25, -0.2) is 8.78 Å². The Morgan fingerprint density at radius 3 is 2.18 bits per heavy atom. The van der Waals surface area contributed by atoms with Crippen LogP contribution in [-0.4, -0.2) is 19.3 Å². The Morgan fingerprint density at radius 2 is 1.76 bits per heavy atom. The van der Waals surface area contributed by atoms with Gasteiger partial charge in [0.15, 0.2) is 0 Å². The van der Waals surface area contributed by atoms with E-state index in [1.54, 1.807) is 0 Å². The Morgan fingerprint density at radius 1 is 1.18 bits per heavy atom. The quantitative estimate of drug-likeness (QED) is 0.884. The molecule has 0 amide bonds. The van der Waals surface area contributed by atoms with Crippen LogP contribution < -0.4 is 9.47 Å². The van der Waals surface area contributed by atoms with Crippen molar-refractivity contribution >= 4 is 0 Å². The van der Waals surface area contributed by atoms with Gasteiger partial charge in [0.25, 0.3) is 6.43 Å². The van der Waals surface area contributed by atoms with Crippen molar-refractivity contribution in [3.05, 3.63) is 23.3 Å². The molecule has 1 aliphatic carbocycles. The second-order valence-corrected chi connectivity index (χ2v) is 4.13. The van der Waals surface area contributed by atoms with E-state index in [-0.39, 0.29) is 11.3 Å². The molecule has 1 N–H and O–H groups in total. The van der Waals surface area contributed by atoms with Gasteiger partial charge < -0.3 is 14.6 Å². The maximum absolute atomic E-state index is 12.8. The summed E-state index contributed by atoms with van der Waals surface area (Å²) in [5.41, 5.74) is -0.818. The summed E-state index contributed by atoms with van der Waals surface area (Å²) in [5.74, 6) is 0.455. The van der Waals surface area contributed by atoms with Crippen molar-refractivity contribution in [1.82, 2.24) is 0 Å². The summed E-state index contributed by atoms with van der Waals surface area (Å²) in [7, 11) is 2.76. The van der Waals surface area contributed by atoms with E-state index in [4.69, 9.17) is 9.47 Å². The smallest absolute Gasteiger partial charge is 0.267 e. The molecule has 94 valence electrons. The Kier molecular flexibility index (Phi) is 2.95. The molecule has 0 aromatic heterocycles. The molecule has 0 radical (unpaired) electrons. The fraction of sp³-hybridized carbons (Fsp3) is 0.500. The lowest BCUT2D eigenvalue weighted by Crippen LogP contribution is -2.08. The number of rotatable bonds is 4. The molecule has 0 bridgehead atoms. The standard InChI is InChI=1S/C12H14F2O3/c1-16-9-6-10(17-2)8(12(15)3-4-12)5-7(9)11(13)14/h5-6,11,15H,3-4H2,1-2H3. The highest BCUT2D eigenvalue weighted by molar-refractivity contribution is 5.51. The minimum atomic E-state index is -2.64. The first-order valence-corrected chi connectivity index (χ1v) is 5.29. The Labute approximate surface area is 98.0 Å². The van der Waals surface area contributed by atoms with Crippen LogP contribution in [0.5, 0.6) is 11.5 Å². The first-order chi connectivity index (χ1) is 8.01. The summed E-state index contributed by atoms with van der Waals surface area (Å²) in [4.78, 5) is 0. The average molecular weight is 244 g/mol. The number of alkyl halides is 2. The zero-order valence-electron chi connectivity index (χ0n) is 9.67. The number of aliphatic hydroxyl groups is 1. The van der Waals surface area contributed by atoms with E-state index < -0.39 is 12.0 Å². The molecular weight excluding hydrogens is 230 g/mol. The number of benzene rings is 1. The molecule has 1 aromatic carbocycles. The monoisotopic (exact) mass is 244 g/mol. The summed E-state index contributed by atoms with van der Waals surface area (Å²) in [5, 5.41) is 10.0. The molecule has 1 saturated carbocycles. The van der Waals surface area contributed by atoms with E-state index in [0.29, 0.717) is 24.2 Å². The highest BCUT2D eigenvalue weighted by Crippen LogP contribution is 2.51. The van der Waals surface area contributed by atoms with Gasteiger partial charge in [0, 0.05) is 11.6 Å². The molecule has 0 spiro atoms. The van der Waals surface area contributed by atoms with E-state index in [1.165, 1.54) is 26.4 Å². The van der Waals surface area contributed by atoms with Crippen LogP contribution in [0.1, 0.15) is 30.4 Å². The van der Waals surface area contributed by atoms with Gasteiger partial charge in [-0.15, -0.1) is 0 Å². The van der Waals surface area contributed by atoms with Crippen molar-refractivity contribution in [3.63, 3.8) is 0 Å². The van der Waals surface area contributed by atoms with Gasteiger partial charge in [-0.1, -0.05) is 0 Å². The van der Waals surface area contributed by atoms with Crippen LogP contribution in [0, 0.1) is 0 Å². The minimum absolute atomic E-state index is 0.0739. The first kappa shape index (κ1) is 12.1. The number of methoxy groups -OCH3 is 2. The third-order valence-electron chi connectivity index (χ3n) is 3.01. The largest absolute Gasteiger partial charge is 0.496 e. The molecule has 3 nitrogen and oxygen atoms in total. The molecule has 5 heteroatoms. The van der Waals surface area contributed by atoms with Crippen LogP contribution in [0.4, 0.5) is 8.78 Å². The molecule has 0 saturated heterocycles. The van der Waals surface area contributed by atoms with Crippen LogP contribution in [-0.2, 0) is 5.60 Å². The molecule has 0 heterocycles. The Balaban J connectivity index is 2.54. The first-order valence-electron chi connectivity index (χ1n) is 5.29. The lowest BCUT2D eigenvalue weighted by atomic mass is 10.0. The summed E-state index contributed by atoms with van der Waals surface area (Å²) in [6, 6.07) is 2.67. The fourth-order valence-electron chi connectivity index (χ4n) is 1.85. The normalized spacial score (nSPS) is 17.1. The van der Waals surface area contributed by atoms with Crippen molar-refractivity contribution in [1.29, 1.82) is 0 Å². The topological polar surface area (TPSA) is 38.7 Å². The average Bonchev–Trinajstić information content (AvgIpc) is 3.06. The molecule has 1 fully saturated rings. The summed E-state index contributed by atoms with van der Waals surface area (Å²) in [6.45, 7) is 0. The Bertz CT molecular complexity index is 428. The van der Waals surface area contributed by atoms with Crippen LogP contribution >= 0.6 is 0 Å². The molecule has 0 atom stereocenters. The second-order valence-electron chi connectivity index (χ2n) is 4.13. The van der Waals surface area contributed by atoms with Crippen molar-refractivity contribution in [2.75, 3.05) is 14.2 Å². The molecular formula is C12H14F2O3. The molecule has 2 rings (SSSR count). The highest BCUT2D eigenvalue weighted by Gasteiger charge is 2.45. The SMILES string of the molecule is COc1cc(OC)c(C2(O)CC2)cc1C(F)F. The number of hydrogen-bond donors (Lipinski definition) is 1. The zero-order chi connectivity index (χ0) is 12.6. The van der Waals surface area contributed by atoms with Crippen LogP contribution in [0.15, 0.2) is 12.1 Å². The van der Waals surface area contributed by atoms with Crippen molar-refractivity contribution in [2.45, 2.75) is 24.9 Å². The van der Waals surface area contributed by atoms with Crippen molar-refractivity contribution < 1.29 is 23.4 Å². The van der Waals surface area contributed by atoms with Crippen molar-refractivity contribution in [2.24, 2.45) is 0 Å². The lowest BCUT2D eigenvalue weighted by molar-refractivity contribution is 0.139. The molecule has 0 unspecified atom stereocenters. The molecule has 1 aromatic rings. The predicted molar refractivity (Wildman–Crippen MR) is 57.6 cm³/mol.